The zero-order valence-corrected chi connectivity index (χ0v) is 10.0. The molecule has 0 amide bonds. The summed E-state index contributed by atoms with van der Waals surface area (Å²) in [5.41, 5.74) is 0.0748. The lowest BCUT2D eigenvalue weighted by atomic mass is 10.2. The van der Waals surface area contributed by atoms with E-state index < -0.39 is 0 Å². The summed E-state index contributed by atoms with van der Waals surface area (Å²) in [5, 5.41) is 26.3. The quantitative estimate of drug-likeness (QED) is 0.679. The molecule has 0 saturated heterocycles. The van der Waals surface area contributed by atoms with Crippen LogP contribution < -0.4 is 9.39 Å². The second kappa shape index (κ2) is 7.53. The number of nitrogens with zero attached hydrogens (tertiary/aromatic N) is 2. The Morgan fingerprint density at radius 1 is 1.56 bits per heavy atom. The number of nitriles is 1. The van der Waals surface area contributed by atoms with Gasteiger partial charge >= 0.3 is 7.69 Å². The highest BCUT2D eigenvalue weighted by atomic mass is 16.5. The minimum absolute atomic E-state index is 0.0223. The third-order valence-electron chi connectivity index (χ3n) is 2.31. The molecule has 0 aliphatic heterocycles. The maximum atomic E-state index is 8.96. The van der Waals surface area contributed by atoms with Crippen molar-refractivity contribution >= 4 is 7.69 Å². The van der Waals surface area contributed by atoms with Crippen LogP contribution in [0.3, 0.4) is 0 Å². The first-order chi connectivity index (χ1) is 8.74. The molecule has 0 spiro atoms. The molecule has 18 heavy (non-hydrogen) atoms. The van der Waals surface area contributed by atoms with Crippen molar-refractivity contribution in [3.63, 3.8) is 0 Å². The topological polar surface area (TPSA) is 95.6 Å². The highest BCUT2D eigenvalue weighted by Gasteiger charge is 2.13. The molecule has 1 atom stereocenters. The maximum Gasteiger partial charge on any atom is 0.570 e. The summed E-state index contributed by atoms with van der Waals surface area (Å²) in [7, 11) is 0.491. The van der Waals surface area contributed by atoms with Crippen LogP contribution in [-0.4, -0.2) is 35.5 Å². The predicted octanol–water partition coefficient (Wildman–Crippen LogP) is 0.398. The van der Waals surface area contributed by atoms with Crippen LogP contribution in [0.15, 0.2) is 12.1 Å². The van der Waals surface area contributed by atoms with Crippen LogP contribution in [0.5, 0.6) is 11.6 Å². The minimum Gasteiger partial charge on any atom is -0.523 e. The lowest BCUT2D eigenvalue weighted by Crippen LogP contribution is -2.17. The van der Waals surface area contributed by atoms with Gasteiger partial charge in [-0.25, -0.2) is 4.98 Å². The van der Waals surface area contributed by atoms with Crippen molar-refractivity contribution < 1.29 is 19.5 Å². The van der Waals surface area contributed by atoms with E-state index in [9.17, 15) is 0 Å². The zero-order valence-electron chi connectivity index (χ0n) is 10.0. The van der Waals surface area contributed by atoms with E-state index >= 15 is 0 Å². The van der Waals surface area contributed by atoms with E-state index in [2.05, 4.69) is 9.64 Å². The lowest BCUT2D eigenvalue weighted by Gasteiger charge is -2.17. The van der Waals surface area contributed by atoms with E-state index in [0.29, 0.717) is 26.3 Å². The Labute approximate surface area is 106 Å². The second-order valence-corrected chi connectivity index (χ2v) is 3.49. The van der Waals surface area contributed by atoms with E-state index in [4.69, 9.17) is 20.1 Å². The van der Waals surface area contributed by atoms with Gasteiger partial charge in [-0.15, -0.1) is 0 Å². The van der Waals surface area contributed by atoms with Crippen molar-refractivity contribution in [1.82, 2.24) is 4.98 Å². The number of rotatable bonds is 7. The molecule has 1 aromatic rings. The first-order valence-electron chi connectivity index (χ1n) is 5.56. The molecule has 0 aliphatic carbocycles. The van der Waals surface area contributed by atoms with Gasteiger partial charge in [-0.2, -0.15) is 5.26 Å². The standard InChI is InChI=1S/C11H14BN2O4/c1-2-8(5-6-15)17-10-3-4-11(18-12-16)14-9(10)7-13/h3-4,8,15-16H,2,5-6H2,1H3. The van der Waals surface area contributed by atoms with E-state index in [1.54, 1.807) is 6.07 Å². The number of ether oxygens (including phenoxy) is 1. The molecule has 7 heteroatoms. The fourth-order valence-corrected chi connectivity index (χ4v) is 1.39. The van der Waals surface area contributed by atoms with Crippen LogP contribution in [-0.2, 0) is 0 Å². The molecule has 1 heterocycles. The molecule has 1 unspecified atom stereocenters. The molecular formula is C11H14BN2O4. The highest BCUT2D eigenvalue weighted by Crippen LogP contribution is 2.22. The number of hydrogen-bond donors (Lipinski definition) is 2. The second-order valence-electron chi connectivity index (χ2n) is 3.49. The van der Waals surface area contributed by atoms with Gasteiger partial charge in [0.05, 0.1) is 0 Å². The number of aromatic nitrogens is 1. The molecule has 1 rings (SSSR count). The van der Waals surface area contributed by atoms with Gasteiger partial charge in [0.15, 0.2) is 17.3 Å². The van der Waals surface area contributed by atoms with Gasteiger partial charge in [0.25, 0.3) is 0 Å². The van der Waals surface area contributed by atoms with Gasteiger partial charge in [0, 0.05) is 19.1 Å². The SMILES string of the molecule is CCC(CCO)Oc1ccc(O[B]O)nc1C#N. The molecule has 0 saturated carbocycles. The van der Waals surface area contributed by atoms with E-state index in [-0.39, 0.29) is 24.3 Å². The molecule has 1 aromatic heterocycles. The van der Waals surface area contributed by atoms with Gasteiger partial charge in [0.2, 0.25) is 0 Å². The Morgan fingerprint density at radius 2 is 2.33 bits per heavy atom. The number of hydrogen-bond acceptors (Lipinski definition) is 6. The van der Waals surface area contributed by atoms with E-state index in [1.165, 1.54) is 6.07 Å². The van der Waals surface area contributed by atoms with Gasteiger partial charge in [-0.3, -0.25) is 0 Å². The largest absolute Gasteiger partial charge is 0.570 e. The number of pyridine rings is 1. The third kappa shape index (κ3) is 3.91. The predicted molar refractivity (Wildman–Crippen MR) is 64.0 cm³/mol. The Kier molecular flexibility index (Phi) is 5.98. The van der Waals surface area contributed by atoms with Crippen molar-refractivity contribution in [3.8, 4) is 17.7 Å². The summed E-state index contributed by atoms with van der Waals surface area (Å²) in [5.74, 6) is 0.444. The van der Waals surface area contributed by atoms with Crippen LogP contribution in [0.25, 0.3) is 0 Å². The van der Waals surface area contributed by atoms with Crippen LogP contribution >= 0.6 is 0 Å². The first-order valence-corrected chi connectivity index (χ1v) is 5.56. The highest BCUT2D eigenvalue weighted by molar-refractivity contribution is 6.17. The van der Waals surface area contributed by atoms with Crippen LogP contribution in [0, 0.1) is 11.3 Å². The summed E-state index contributed by atoms with van der Waals surface area (Å²) >= 11 is 0. The molecule has 95 valence electrons. The molecule has 0 fully saturated rings. The summed E-state index contributed by atoms with van der Waals surface area (Å²) in [4.78, 5) is 3.87. The molecule has 0 aromatic carbocycles. The smallest absolute Gasteiger partial charge is 0.523 e. The molecule has 0 aliphatic rings. The average Bonchev–Trinajstić information content (AvgIpc) is 2.40. The minimum atomic E-state index is -0.167. The van der Waals surface area contributed by atoms with Crippen LogP contribution in [0.1, 0.15) is 25.5 Å². The average molecular weight is 249 g/mol. The van der Waals surface area contributed by atoms with Crippen molar-refractivity contribution in [2.75, 3.05) is 6.61 Å². The number of aliphatic hydroxyl groups is 1. The lowest BCUT2D eigenvalue weighted by molar-refractivity contribution is 0.149. The molecular weight excluding hydrogens is 235 g/mol. The van der Waals surface area contributed by atoms with Crippen molar-refractivity contribution in [2.45, 2.75) is 25.9 Å². The first kappa shape index (κ1) is 14.3. The third-order valence-corrected chi connectivity index (χ3v) is 2.31. The Morgan fingerprint density at radius 3 is 2.89 bits per heavy atom. The van der Waals surface area contributed by atoms with Gasteiger partial charge in [-0.1, -0.05) is 6.92 Å². The van der Waals surface area contributed by atoms with Gasteiger partial charge in [-0.05, 0) is 12.5 Å². The summed E-state index contributed by atoms with van der Waals surface area (Å²) in [6.07, 6.45) is 1.04. The summed E-state index contributed by atoms with van der Waals surface area (Å²) < 4.78 is 10.2. The Balaban J connectivity index is 2.85. The maximum absolute atomic E-state index is 8.96. The van der Waals surface area contributed by atoms with Crippen LogP contribution in [0.2, 0.25) is 0 Å². The van der Waals surface area contributed by atoms with Crippen molar-refractivity contribution in [1.29, 1.82) is 5.26 Å². The fourth-order valence-electron chi connectivity index (χ4n) is 1.39. The molecule has 0 bridgehead atoms. The van der Waals surface area contributed by atoms with E-state index in [1.807, 2.05) is 13.0 Å². The molecule has 1 radical (unpaired) electrons. The monoisotopic (exact) mass is 249 g/mol. The zero-order chi connectivity index (χ0) is 13.4. The van der Waals surface area contributed by atoms with E-state index in [0.717, 1.165) is 0 Å². The van der Waals surface area contributed by atoms with Crippen LogP contribution in [0.4, 0.5) is 0 Å². The van der Waals surface area contributed by atoms with Crippen molar-refractivity contribution in [3.05, 3.63) is 17.8 Å². The molecule has 2 N–H and O–H groups in total. The summed E-state index contributed by atoms with van der Waals surface area (Å²) in [6.45, 7) is 1.95. The Bertz CT molecular complexity index is 422. The molecule has 6 nitrogen and oxygen atoms in total. The fraction of sp³-hybridized carbons (Fsp3) is 0.455. The van der Waals surface area contributed by atoms with Crippen molar-refractivity contribution in [2.24, 2.45) is 0 Å². The summed E-state index contributed by atoms with van der Waals surface area (Å²) in [6, 6.07) is 4.92. The number of aliphatic hydroxyl groups excluding tert-OH is 1. The van der Waals surface area contributed by atoms with Gasteiger partial charge in [0.1, 0.15) is 12.2 Å². The normalized spacial score (nSPS) is 11.4. The van der Waals surface area contributed by atoms with Gasteiger partial charge < -0.3 is 19.5 Å². The Hall–Kier alpha value is -1.78.